The zero-order valence-electron chi connectivity index (χ0n) is 11.3. The van der Waals surface area contributed by atoms with Gasteiger partial charge in [0.2, 0.25) is 0 Å². The molecule has 3 rings (SSSR count). The van der Waals surface area contributed by atoms with Crippen molar-refractivity contribution in [3.63, 3.8) is 0 Å². The molecule has 0 spiro atoms. The molecule has 19 heavy (non-hydrogen) atoms. The van der Waals surface area contributed by atoms with Crippen molar-refractivity contribution in [3.05, 3.63) is 35.0 Å². The van der Waals surface area contributed by atoms with E-state index in [0.717, 1.165) is 41.2 Å². The smallest absolute Gasteiger partial charge is 0.0726 e. The van der Waals surface area contributed by atoms with Gasteiger partial charge in [-0.25, -0.2) is 0 Å². The van der Waals surface area contributed by atoms with Gasteiger partial charge in [-0.05, 0) is 26.3 Å². The molecule has 0 bridgehead atoms. The third-order valence-electron chi connectivity index (χ3n) is 4.27. The van der Waals surface area contributed by atoms with Crippen molar-refractivity contribution in [2.45, 2.75) is 38.5 Å². The highest BCUT2D eigenvalue weighted by Crippen LogP contribution is 2.29. The Morgan fingerprint density at radius 1 is 1.47 bits per heavy atom. The lowest BCUT2D eigenvalue weighted by Gasteiger charge is -2.28. The van der Waals surface area contributed by atoms with E-state index >= 15 is 0 Å². The van der Waals surface area contributed by atoms with E-state index in [2.05, 4.69) is 24.1 Å². The van der Waals surface area contributed by atoms with Gasteiger partial charge >= 0.3 is 0 Å². The van der Waals surface area contributed by atoms with Crippen LogP contribution in [0.25, 0.3) is 10.9 Å². The molecule has 1 fully saturated rings. The summed E-state index contributed by atoms with van der Waals surface area (Å²) in [4.78, 5) is 3.38. The largest absolute Gasteiger partial charge is 0.377 e. The molecular weight excluding hydrogens is 260 g/mol. The fraction of sp³-hybridized carbons (Fsp3) is 0.467. The van der Waals surface area contributed by atoms with Crippen LogP contribution < -0.4 is 5.32 Å². The Balaban J connectivity index is 1.80. The highest BCUT2D eigenvalue weighted by molar-refractivity contribution is 6.36. The summed E-state index contributed by atoms with van der Waals surface area (Å²) in [7, 11) is 0. The van der Waals surface area contributed by atoms with Gasteiger partial charge in [-0.2, -0.15) is 0 Å². The summed E-state index contributed by atoms with van der Waals surface area (Å²) in [5.74, 6) is 0. The molecule has 1 saturated heterocycles. The summed E-state index contributed by atoms with van der Waals surface area (Å²) in [6.45, 7) is 5.89. The first-order valence-electron chi connectivity index (χ1n) is 6.72. The average molecular weight is 279 g/mol. The Labute approximate surface area is 118 Å². The molecule has 2 unspecified atom stereocenters. The third-order valence-corrected chi connectivity index (χ3v) is 4.70. The van der Waals surface area contributed by atoms with Crippen LogP contribution in [-0.2, 0) is 11.3 Å². The molecule has 102 valence electrons. The predicted octanol–water partition coefficient (Wildman–Crippen LogP) is 3.48. The summed E-state index contributed by atoms with van der Waals surface area (Å²) in [6.07, 6.45) is 1.27. The number of benzene rings is 1. The van der Waals surface area contributed by atoms with Crippen LogP contribution in [0.2, 0.25) is 5.02 Å². The van der Waals surface area contributed by atoms with Crippen LogP contribution in [0.5, 0.6) is 0 Å². The minimum absolute atomic E-state index is 0.0284. The zero-order valence-corrected chi connectivity index (χ0v) is 12.1. The van der Waals surface area contributed by atoms with Gasteiger partial charge in [0.05, 0.1) is 11.1 Å². The van der Waals surface area contributed by atoms with Crippen LogP contribution in [0, 0.1) is 0 Å². The van der Waals surface area contributed by atoms with Crippen molar-refractivity contribution in [1.82, 2.24) is 10.3 Å². The molecule has 1 aliphatic heterocycles. The molecule has 1 aliphatic rings. The molecule has 3 nitrogen and oxygen atoms in total. The van der Waals surface area contributed by atoms with Gasteiger partial charge in [0.1, 0.15) is 0 Å². The average Bonchev–Trinajstić information content (AvgIpc) is 2.90. The standard InChI is InChI=1S/C15H19ClN2O/c1-10-15(2,7-8-19-10)17-9-13-14(16)11-5-3-4-6-12(11)18-13/h3-6,10,17-18H,7-9H2,1-2H3. The Morgan fingerprint density at radius 2 is 2.26 bits per heavy atom. The maximum absolute atomic E-state index is 6.42. The first kappa shape index (κ1) is 13.0. The minimum Gasteiger partial charge on any atom is -0.377 e. The van der Waals surface area contributed by atoms with E-state index in [1.54, 1.807) is 0 Å². The van der Waals surface area contributed by atoms with E-state index in [1.807, 2.05) is 24.3 Å². The number of nitrogens with one attached hydrogen (secondary N) is 2. The maximum atomic E-state index is 6.42. The summed E-state index contributed by atoms with van der Waals surface area (Å²) in [5, 5.41) is 5.49. The van der Waals surface area contributed by atoms with Crippen molar-refractivity contribution >= 4 is 22.5 Å². The first-order valence-corrected chi connectivity index (χ1v) is 7.10. The van der Waals surface area contributed by atoms with Crippen LogP contribution in [0.3, 0.4) is 0 Å². The summed E-state index contributed by atoms with van der Waals surface area (Å²) in [5.41, 5.74) is 2.16. The number of hydrogen-bond donors (Lipinski definition) is 2. The first-order chi connectivity index (χ1) is 9.10. The number of fused-ring (bicyclic) bond motifs is 1. The SMILES string of the molecule is CC1OCCC1(C)NCc1[nH]c2ccccc2c1Cl. The van der Waals surface area contributed by atoms with Crippen LogP contribution in [0.15, 0.2) is 24.3 Å². The molecule has 4 heteroatoms. The van der Waals surface area contributed by atoms with Crippen molar-refractivity contribution in [3.8, 4) is 0 Å². The summed E-state index contributed by atoms with van der Waals surface area (Å²) < 4.78 is 5.64. The van der Waals surface area contributed by atoms with Crippen molar-refractivity contribution < 1.29 is 4.74 Å². The Kier molecular flexibility index (Phi) is 3.29. The van der Waals surface area contributed by atoms with E-state index in [-0.39, 0.29) is 11.6 Å². The number of H-pyrrole nitrogens is 1. The van der Waals surface area contributed by atoms with E-state index in [9.17, 15) is 0 Å². The van der Waals surface area contributed by atoms with Gasteiger partial charge in [0, 0.05) is 35.3 Å². The van der Waals surface area contributed by atoms with Crippen molar-refractivity contribution in [2.75, 3.05) is 6.61 Å². The molecule has 1 aromatic heterocycles. The quantitative estimate of drug-likeness (QED) is 0.902. The fourth-order valence-corrected chi connectivity index (χ4v) is 2.92. The molecule has 2 heterocycles. The lowest BCUT2D eigenvalue weighted by molar-refractivity contribution is 0.0880. The van der Waals surface area contributed by atoms with E-state index in [1.165, 1.54) is 0 Å². The number of aromatic amines is 1. The molecule has 0 saturated carbocycles. The zero-order chi connectivity index (χ0) is 13.5. The predicted molar refractivity (Wildman–Crippen MR) is 78.6 cm³/mol. The van der Waals surface area contributed by atoms with Crippen LogP contribution in [0.4, 0.5) is 0 Å². The monoisotopic (exact) mass is 278 g/mol. The molecule has 0 amide bonds. The number of halogens is 1. The minimum atomic E-state index is 0.0284. The van der Waals surface area contributed by atoms with Gasteiger partial charge in [0.25, 0.3) is 0 Å². The highest BCUT2D eigenvalue weighted by atomic mass is 35.5. The second-order valence-electron chi connectivity index (χ2n) is 5.50. The summed E-state index contributed by atoms with van der Waals surface area (Å²) >= 11 is 6.42. The van der Waals surface area contributed by atoms with Gasteiger partial charge < -0.3 is 15.0 Å². The number of ether oxygens (including phenoxy) is 1. The molecule has 0 radical (unpaired) electrons. The van der Waals surface area contributed by atoms with Gasteiger partial charge in [-0.15, -0.1) is 0 Å². The molecule has 0 aliphatic carbocycles. The Morgan fingerprint density at radius 3 is 2.95 bits per heavy atom. The number of hydrogen-bond acceptors (Lipinski definition) is 2. The van der Waals surface area contributed by atoms with Gasteiger partial charge in [-0.3, -0.25) is 0 Å². The van der Waals surface area contributed by atoms with Gasteiger partial charge in [-0.1, -0.05) is 29.8 Å². The normalized spacial score (nSPS) is 27.2. The molecule has 2 N–H and O–H groups in total. The second kappa shape index (κ2) is 4.82. The molecular formula is C15H19ClN2O. The third kappa shape index (κ3) is 2.27. The lowest BCUT2D eigenvalue weighted by Crippen LogP contribution is -2.47. The Bertz CT molecular complexity index is 595. The topological polar surface area (TPSA) is 37.0 Å². The second-order valence-corrected chi connectivity index (χ2v) is 5.88. The van der Waals surface area contributed by atoms with Crippen LogP contribution in [-0.4, -0.2) is 23.2 Å². The van der Waals surface area contributed by atoms with E-state index < -0.39 is 0 Å². The number of para-hydroxylation sites is 1. The number of rotatable bonds is 3. The maximum Gasteiger partial charge on any atom is 0.0726 e. The van der Waals surface area contributed by atoms with Crippen molar-refractivity contribution in [1.29, 1.82) is 0 Å². The molecule has 1 aromatic carbocycles. The van der Waals surface area contributed by atoms with E-state index in [4.69, 9.17) is 16.3 Å². The van der Waals surface area contributed by atoms with Crippen molar-refractivity contribution in [2.24, 2.45) is 0 Å². The summed E-state index contributed by atoms with van der Waals surface area (Å²) in [6, 6.07) is 8.11. The fourth-order valence-electron chi connectivity index (χ4n) is 2.64. The van der Waals surface area contributed by atoms with E-state index in [0.29, 0.717) is 0 Å². The number of aromatic nitrogens is 1. The lowest BCUT2D eigenvalue weighted by atomic mass is 9.94. The molecule has 2 aromatic rings. The highest BCUT2D eigenvalue weighted by Gasteiger charge is 2.36. The molecule has 2 atom stereocenters. The van der Waals surface area contributed by atoms with Crippen LogP contribution >= 0.6 is 11.6 Å². The van der Waals surface area contributed by atoms with Crippen LogP contribution in [0.1, 0.15) is 26.0 Å². The Hall–Kier alpha value is -1.03. The van der Waals surface area contributed by atoms with Gasteiger partial charge in [0.15, 0.2) is 0 Å².